The summed E-state index contributed by atoms with van der Waals surface area (Å²) in [5.41, 5.74) is 6.47. The van der Waals surface area contributed by atoms with Crippen LogP contribution in [0.1, 0.15) is 19.3 Å². The first kappa shape index (κ1) is 13.7. The summed E-state index contributed by atoms with van der Waals surface area (Å²) in [4.78, 5) is 12.2. The Labute approximate surface area is 113 Å². The van der Waals surface area contributed by atoms with Crippen LogP contribution in [0.3, 0.4) is 0 Å². The zero-order valence-corrected chi connectivity index (χ0v) is 11.3. The Bertz CT molecular complexity index is 462. The molecule has 1 saturated carbocycles. The normalized spacial score (nSPS) is 22.1. The largest absolute Gasteiger partial charge is 0.497 e. The third-order valence-electron chi connectivity index (χ3n) is 3.51. The topological polar surface area (TPSA) is 73.6 Å². The summed E-state index contributed by atoms with van der Waals surface area (Å²) in [7, 11) is 3.16. The number of amides is 1. The van der Waals surface area contributed by atoms with Gasteiger partial charge in [-0.05, 0) is 31.4 Å². The van der Waals surface area contributed by atoms with Crippen LogP contribution in [0.4, 0.5) is 5.69 Å². The number of benzene rings is 1. The molecule has 2 rings (SSSR count). The first-order valence-corrected chi connectivity index (χ1v) is 6.42. The Morgan fingerprint density at radius 2 is 2.11 bits per heavy atom. The fourth-order valence-electron chi connectivity index (χ4n) is 2.40. The fraction of sp³-hybridized carbons (Fsp3) is 0.500. The number of hydrogen-bond acceptors (Lipinski definition) is 4. The van der Waals surface area contributed by atoms with Crippen LogP contribution in [0.15, 0.2) is 18.2 Å². The van der Waals surface area contributed by atoms with E-state index in [9.17, 15) is 4.79 Å². The average Bonchev–Trinajstić information content (AvgIpc) is 2.85. The quantitative estimate of drug-likeness (QED) is 0.869. The minimum absolute atomic E-state index is 0.000460. The summed E-state index contributed by atoms with van der Waals surface area (Å²) < 4.78 is 10.4. The second-order valence-electron chi connectivity index (χ2n) is 4.83. The molecule has 0 saturated heterocycles. The molecule has 2 unspecified atom stereocenters. The van der Waals surface area contributed by atoms with E-state index < -0.39 is 0 Å². The van der Waals surface area contributed by atoms with E-state index in [2.05, 4.69) is 5.32 Å². The summed E-state index contributed by atoms with van der Waals surface area (Å²) >= 11 is 0. The molecule has 1 fully saturated rings. The molecule has 5 nitrogen and oxygen atoms in total. The van der Waals surface area contributed by atoms with Crippen molar-refractivity contribution < 1.29 is 14.3 Å². The van der Waals surface area contributed by atoms with Crippen molar-refractivity contribution >= 4 is 11.6 Å². The highest BCUT2D eigenvalue weighted by molar-refractivity contribution is 5.94. The first-order valence-electron chi connectivity index (χ1n) is 6.42. The summed E-state index contributed by atoms with van der Waals surface area (Å²) in [6.45, 7) is 0. The standard InChI is InChI=1S/C14H20N2O3/c1-18-11-5-6-13(19-2)12(8-11)16-14(17)9-3-4-10(15)7-9/h5-6,8-10H,3-4,7,15H2,1-2H3,(H,16,17). The van der Waals surface area contributed by atoms with Gasteiger partial charge in [-0.15, -0.1) is 0 Å². The van der Waals surface area contributed by atoms with Gasteiger partial charge in [0.15, 0.2) is 0 Å². The SMILES string of the molecule is COc1ccc(OC)c(NC(=O)C2CCC(N)C2)c1. The van der Waals surface area contributed by atoms with Gasteiger partial charge in [0.2, 0.25) is 5.91 Å². The van der Waals surface area contributed by atoms with Gasteiger partial charge in [0.1, 0.15) is 11.5 Å². The molecule has 0 aliphatic heterocycles. The maximum atomic E-state index is 12.2. The van der Waals surface area contributed by atoms with Gasteiger partial charge in [-0.25, -0.2) is 0 Å². The molecule has 1 amide bonds. The Balaban J connectivity index is 2.11. The highest BCUT2D eigenvalue weighted by atomic mass is 16.5. The van der Waals surface area contributed by atoms with Crippen LogP contribution in [0.2, 0.25) is 0 Å². The van der Waals surface area contributed by atoms with Gasteiger partial charge >= 0.3 is 0 Å². The van der Waals surface area contributed by atoms with E-state index >= 15 is 0 Å². The number of rotatable bonds is 4. The van der Waals surface area contributed by atoms with Crippen molar-refractivity contribution in [2.75, 3.05) is 19.5 Å². The van der Waals surface area contributed by atoms with Crippen molar-refractivity contribution in [3.63, 3.8) is 0 Å². The van der Waals surface area contributed by atoms with Crippen molar-refractivity contribution in [3.8, 4) is 11.5 Å². The number of carbonyl (C=O) groups excluding carboxylic acids is 1. The van der Waals surface area contributed by atoms with Crippen molar-refractivity contribution in [2.24, 2.45) is 11.7 Å². The Kier molecular flexibility index (Phi) is 4.27. The maximum Gasteiger partial charge on any atom is 0.227 e. The second-order valence-corrected chi connectivity index (χ2v) is 4.83. The number of nitrogens with two attached hydrogens (primary N) is 1. The lowest BCUT2D eigenvalue weighted by atomic mass is 10.1. The first-order chi connectivity index (χ1) is 9.13. The van der Waals surface area contributed by atoms with Gasteiger partial charge in [-0.2, -0.15) is 0 Å². The molecule has 19 heavy (non-hydrogen) atoms. The molecule has 0 radical (unpaired) electrons. The number of methoxy groups -OCH3 is 2. The van der Waals surface area contributed by atoms with Gasteiger partial charge in [0.05, 0.1) is 19.9 Å². The van der Waals surface area contributed by atoms with Crippen LogP contribution in [0, 0.1) is 5.92 Å². The summed E-state index contributed by atoms with van der Waals surface area (Å²) in [6.07, 6.45) is 2.50. The zero-order valence-electron chi connectivity index (χ0n) is 11.3. The predicted octanol–water partition coefficient (Wildman–Crippen LogP) is 1.77. The molecule has 2 atom stereocenters. The van der Waals surface area contributed by atoms with Crippen LogP contribution in [-0.2, 0) is 4.79 Å². The summed E-state index contributed by atoms with van der Waals surface area (Å²) in [6, 6.07) is 5.46. The molecule has 1 aromatic carbocycles. The second kappa shape index (κ2) is 5.93. The lowest BCUT2D eigenvalue weighted by molar-refractivity contribution is -0.119. The smallest absolute Gasteiger partial charge is 0.227 e. The molecule has 1 aromatic rings. The fourth-order valence-corrected chi connectivity index (χ4v) is 2.40. The number of ether oxygens (including phenoxy) is 2. The van der Waals surface area contributed by atoms with Gasteiger partial charge in [0.25, 0.3) is 0 Å². The molecule has 3 N–H and O–H groups in total. The van der Waals surface area contributed by atoms with Gasteiger partial charge in [0, 0.05) is 18.0 Å². The third-order valence-corrected chi connectivity index (χ3v) is 3.51. The van der Waals surface area contributed by atoms with E-state index in [1.165, 1.54) is 0 Å². The molecule has 0 spiro atoms. The van der Waals surface area contributed by atoms with Gasteiger partial charge in [-0.1, -0.05) is 0 Å². The summed E-state index contributed by atoms with van der Waals surface area (Å²) in [5, 5.41) is 2.90. The Morgan fingerprint density at radius 3 is 2.68 bits per heavy atom. The predicted molar refractivity (Wildman–Crippen MR) is 73.5 cm³/mol. The zero-order chi connectivity index (χ0) is 13.8. The number of hydrogen-bond donors (Lipinski definition) is 2. The van der Waals surface area contributed by atoms with Gasteiger partial charge in [-0.3, -0.25) is 4.79 Å². The maximum absolute atomic E-state index is 12.2. The van der Waals surface area contributed by atoms with Crippen LogP contribution in [0.25, 0.3) is 0 Å². The van der Waals surface area contributed by atoms with Crippen molar-refractivity contribution in [1.29, 1.82) is 0 Å². The van der Waals surface area contributed by atoms with E-state index in [4.69, 9.17) is 15.2 Å². The van der Waals surface area contributed by atoms with Crippen LogP contribution in [-0.4, -0.2) is 26.2 Å². The van der Waals surface area contributed by atoms with E-state index in [1.54, 1.807) is 32.4 Å². The van der Waals surface area contributed by atoms with E-state index in [-0.39, 0.29) is 17.9 Å². The molecular weight excluding hydrogens is 244 g/mol. The monoisotopic (exact) mass is 264 g/mol. The number of nitrogens with one attached hydrogen (secondary N) is 1. The lowest BCUT2D eigenvalue weighted by Crippen LogP contribution is -2.23. The molecular formula is C14H20N2O3. The number of carbonyl (C=O) groups is 1. The molecule has 0 bridgehead atoms. The molecule has 1 aliphatic carbocycles. The Morgan fingerprint density at radius 1 is 1.32 bits per heavy atom. The average molecular weight is 264 g/mol. The molecule has 0 heterocycles. The Hall–Kier alpha value is -1.75. The molecule has 0 aromatic heterocycles. The molecule has 104 valence electrons. The van der Waals surface area contributed by atoms with Crippen molar-refractivity contribution in [3.05, 3.63) is 18.2 Å². The van der Waals surface area contributed by atoms with E-state index in [0.717, 1.165) is 19.3 Å². The highest BCUT2D eigenvalue weighted by Crippen LogP contribution is 2.31. The number of anilines is 1. The van der Waals surface area contributed by atoms with Crippen LogP contribution < -0.4 is 20.5 Å². The van der Waals surface area contributed by atoms with E-state index in [0.29, 0.717) is 17.2 Å². The van der Waals surface area contributed by atoms with Crippen molar-refractivity contribution in [1.82, 2.24) is 0 Å². The minimum atomic E-state index is -0.00842. The summed E-state index contributed by atoms with van der Waals surface area (Å²) in [5.74, 6) is 1.29. The minimum Gasteiger partial charge on any atom is -0.497 e. The highest BCUT2D eigenvalue weighted by Gasteiger charge is 2.28. The molecule has 1 aliphatic rings. The molecule has 5 heteroatoms. The van der Waals surface area contributed by atoms with E-state index in [1.807, 2.05) is 0 Å². The van der Waals surface area contributed by atoms with Crippen LogP contribution in [0.5, 0.6) is 11.5 Å². The van der Waals surface area contributed by atoms with Crippen LogP contribution >= 0.6 is 0 Å². The van der Waals surface area contributed by atoms with Crippen molar-refractivity contribution in [2.45, 2.75) is 25.3 Å². The van der Waals surface area contributed by atoms with Gasteiger partial charge < -0.3 is 20.5 Å². The third kappa shape index (κ3) is 3.17. The lowest BCUT2D eigenvalue weighted by Gasteiger charge is -2.14.